The zero-order valence-corrected chi connectivity index (χ0v) is 19.0. The number of aromatic nitrogens is 2. The Hall–Kier alpha value is -2.73. The summed E-state index contributed by atoms with van der Waals surface area (Å²) in [5, 5.41) is 17.2. The summed E-state index contributed by atoms with van der Waals surface area (Å²) >= 11 is 3.36. The Morgan fingerprint density at radius 3 is 2.63 bits per heavy atom. The van der Waals surface area contributed by atoms with E-state index in [4.69, 9.17) is 4.74 Å². The van der Waals surface area contributed by atoms with E-state index in [0.717, 1.165) is 36.7 Å². The van der Waals surface area contributed by atoms with Crippen molar-refractivity contribution in [2.24, 2.45) is 0 Å². The summed E-state index contributed by atoms with van der Waals surface area (Å²) in [4.78, 5) is 16.4. The molecule has 0 radical (unpaired) electrons. The van der Waals surface area contributed by atoms with Crippen LogP contribution in [0.3, 0.4) is 0 Å². The third-order valence-electron chi connectivity index (χ3n) is 5.25. The number of hydrogen-bond donors (Lipinski definition) is 1. The van der Waals surface area contributed by atoms with Crippen molar-refractivity contribution in [2.75, 3.05) is 36.4 Å². The van der Waals surface area contributed by atoms with Gasteiger partial charge in [0.25, 0.3) is 0 Å². The molecule has 0 saturated carbocycles. The highest BCUT2D eigenvalue weighted by Gasteiger charge is 2.27. The second-order valence-corrected chi connectivity index (χ2v) is 9.27. The number of nitrogens with one attached hydrogen (secondary N) is 1. The van der Waals surface area contributed by atoms with Crippen molar-refractivity contribution in [3.63, 3.8) is 0 Å². The lowest BCUT2D eigenvalue weighted by Gasteiger charge is -2.37. The average Bonchev–Trinajstić information content (AvgIpc) is 2.88. The van der Waals surface area contributed by atoms with Crippen LogP contribution in [0, 0.1) is 11.3 Å². The molecule has 30 heavy (non-hydrogen) atoms. The van der Waals surface area contributed by atoms with Crippen LogP contribution in [-0.2, 0) is 17.7 Å². The molecule has 2 aromatic rings. The molecule has 1 amide bonds. The zero-order chi connectivity index (χ0) is 21.5. The van der Waals surface area contributed by atoms with Crippen molar-refractivity contribution in [3.05, 3.63) is 33.9 Å². The second kappa shape index (κ2) is 7.84. The van der Waals surface area contributed by atoms with Crippen LogP contribution in [-0.4, -0.2) is 52.6 Å². The zero-order valence-electron chi connectivity index (χ0n) is 17.4. The molecule has 8 nitrogen and oxygen atoms in total. The number of benzene rings is 1. The van der Waals surface area contributed by atoms with E-state index < -0.39 is 5.60 Å². The summed E-state index contributed by atoms with van der Waals surface area (Å²) in [5.41, 5.74) is 3.36. The molecule has 4 rings (SSSR count). The molecule has 2 aliphatic heterocycles. The van der Waals surface area contributed by atoms with Crippen molar-refractivity contribution in [1.29, 1.82) is 5.26 Å². The maximum absolute atomic E-state index is 12.3. The summed E-state index contributed by atoms with van der Waals surface area (Å²) in [7, 11) is 0. The highest BCUT2D eigenvalue weighted by molar-refractivity contribution is 9.10. The quantitative estimate of drug-likeness (QED) is 0.677. The number of hydrogen-bond acceptors (Lipinski definition) is 6. The van der Waals surface area contributed by atoms with E-state index in [9.17, 15) is 10.1 Å². The molecule has 2 aliphatic rings. The van der Waals surface area contributed by atoms with Gasteiger partial charge in [0.1, 0.15) is 27.7 Å². The van der Waals surface area contributed by atoms with E-state index in [1.807, 2.05) is 25.5 Å². The topological polar surface area (TPSA) is 86.4 Å². The van der Waals surface area contributed by atoms with E-state index in [0.29, 0.717) is 29.8 Å². The van der Waals surface area contributed by atoms with Gasteiger partial charge < -0.3 is 19.9 Å². The lowest BCUT2D eigenvalue weighted by molar-refractivity contribution is 0.0240. The molecular weight excluding hydrogens is 448 g/mol. The number of carbonyl (C=O) groups is 1. The van der Waals surface area contributed by atoms with E-state index in [-0.39, 0.29) is 6.09 Å². The smallest absolute Gasteiger partial charge is 0.410 e. The first-order valence-corrected chi connectivity index (χ1v) is 10.8. The molecule has 0 bridgehead atoms. The molecule has 0 unspecified atom stereocenters. The third-order valence-corrected chi connectivity index (χ3v) is 5.81. The standard InChI is InChI=1S/C21H25BrN6O2/c1-21(2,3)30-20(29)27-10-8-26(9-11-27)15-4-5-17-14(12-15)6-7-28-19(24-17)16(13-23)18(22)25-28/h4-5,12,24H,6-11H2,1-3H3. The van der Waals surface area contributed by atoms with E-state index in [1.54, 1.807) is 4.90 Å². The second-order valence-electron chi connectivity index (χ2n) is 8.52. The molecule has 1 N–H and O–H groups in total. The normalized spacial score (nSPS) is 16.1. The summed E-state index contributed by atoms with van der Waals surface area (Å²) in [6, 6.07) is 8.55. The van der Waals surface area contributed by atoms with Crippen molar-refractivity contribution in [1.82, 2.24) is 14.7 Å². The highest BCUT2D eigenvalue weighted by atomic mass is 79.9. The van der Waals surface area contributed by atoms with Crippen LogP contribution < -0.4 is 10.2 Å². The maximum Gasteiger partial charge on any atom is 0.410 e. The molecule has 3 heterocycles. The van der Waals surface area contributed by atoms with Crippen LogP contribution in [0.5, 0.6) is 0 Å². The minimum Gasteiger partial charge on any atom is -0.444 e. The summed E-state index contributed by atoms with van der Waals surface area (Å²) in [5.74, 6) is 0.724. The summed E-state index contributed by atoms with van der Waals surface area (Å²) < 4.78 is 7.88. The fourth-order valence-corrected chi connectivity index (χ4v) is 4.22. The molecule has 9 heteroatoms. The molecule has 0 spiro atoms. The molecule has 1 aromatic heterocycles. The van der Waals surface area contributed by atoms with Gasteiger partial charge in [-0.25, -0.2) is 9.48 Å². The number of aryl methyl sites for hydroxylation is 2. The lowest BCUT2D eigenvalue weighted by atomic mass is 10.1. The Morgan fingerprint density at radius 1 is 1.23 bits per heavy atom. The van der Waals surface area contributed by atoms with Crippen LogP contribution in [0.15, 0.2) is 22.8 Å². The van der Waals surface area contributed by atoms with Crippen LogP contribution >= 0.6 is 15.9 Å². The Kier molecular flexibility index (Phi) is 5.36. The van der Waals surface area contributed by atoms with E-state index in [1.165, 1.54) is 5.56 Å². The average molecular weight is 473 g/mol. The van der Waals surface area contributed by atoms with Crippen LogP contribution in [0.25, 0.3) is 0 Å². The Bertz CT molecular complexity index is 1010. The monoisotopic (exact) mass is 472 g/mol. The number of fused-ring (bicyclic) bond motifs is 2. The van der Waals surface area contributed by atoms with Crippen LogP contribution in [0.4, 0.5) is 22.0 Å². The summed E-state index contributed by atoms with van der Waals surface area (Å²) in [6.45, 7) is 9.15. The van der Waals surface area contributed by atoms with Crippen molar-refractivity contribution in [3.8, 4) is 6.07 Å². The minimum absolute atomic E-state index is 0.248. The number of nitrogens with zero attached hydrogens (tertiary/aromatic N) is 5. The molecule has 1 fully saturated rings. The maximum atomic E-state index is 12.3. The molecule has 1 saturated heterocycles. The SMILES string of the molecule is CC(C)(C)OC(=O)N1CCN(c2ccc3c(c2)CCn2nc(Br)c(C#N)c2N3)CC1. The molecular formula is C21H25BrN6O2. The number of ether oxygens (including phenoxy) is 1. The number of carbonyl (C=O) groups excluding carboxylic acids is 1. The largest absolute Gasteiger partial charge is 0.444 e. The van der Waals surface area contributed by atoms with Gasteiger partial charge in [0.05, 0.1) is 0 Å². The molecule has 0 atom stereocenters. The van der Waals surface area contributed by atoms with Gasteiger partial charge in [-0.05, 0) is 66.9 Å². The Labute approximate surface area is 184 Å². The summed E-state index contributed by atoms with van der Waals surface area (Å²) in [6.07, 6.45) is 0.571. The lowest BCUT2D eigenvalue weighted by Crippen LogP contribution is -2.50. The van der Waals surface area contributed by atoms with Gasteiger partial charge in [0.15, 0.2) is 0 Å². The molecule has 0 aliphatic carbocycles. The Balaban J connectivity index is 1.46. The van der Waals surface area contributed by atoms with Gasteiger partial charge in [-0.1, -0.05) is 0 Å². The van der Waals surface area contributed by atoms with Gasteiger partial charge in [-0.2, -0.15) is 10.4 Å². The highest BCUT2D eigenvalue weighted by Crippen LogP contribution is 2.33. The number of piperazine rings is 1. The van der Waals surface area contributed by atoms with Crippen molar-refractivity contribution in [2.45, 2.75) is 39.3 Å². The molecule has 158 valence electrons. The van der Waals surface area contributed by atoms with Crippen molar-refractivity contribution < 1.29 is 9.53 Å². The molecule has 1 aromatic carbocycles. The number of rotatable bonds is 1. The van der Waals surface area contributed by atoms with Crippen LogP contribution in [0.2, 0.25) is 0 Å². The van der Waals surface area contributed by atoms with Crippen molar-refractivity contribution >= 4 is 39.2 Å². The number of halogens is 1. The number of amides is 1. The predicted molar refractivity (Wildman–Crippen MR) is 118 cm³/mol. The van der Waals surface area contributed by atoms with E-state index in [2.05, 4.69) is 55.5 Å². The van der Waals surface area contributed by atoms with E-state index >= 15 is 0 Å². The number of anilines is 3. The Morgan fingerprint density at radius 2 is 1.97 bits per heavy atom. The first-order valence-electron chi connectivity index (χ1n) is 10.0. The van der Waals surface area contributed by atoms with Gasteiger partial charge in [-0.3, -0.25) is 0 Å². The third kappa shape index (κ3) is 4.10. The van der Waals surface area contributed by atoms with Gasteiger partial charge in [0.2, 0.25) is 0 Å². The first kappa shape index (κ1) is 20.5. The first-order chi connectivity index (χ1) is 14.2. The number of nitriles is 1. The minimum atomic E-state index is -0.479. The van der Waals surface area contributed by atoms with Gasteiger partial charge >= 0.3 is 6.09 Å². The van der Waals surface area contributed by atoms with Gasteiger partial charge in [-0.15, -0.1) is 0 Å². The van der Waals surface area contributed by atoms with Crippen LogP contribution in [0.1, 0.15) is 31.9 Å². The fourth-order valence-electron chi connectivity index (χ4n) is 3.75. The van der Waals surface area contributed by atoms with Gasteiger partial charge in [0, 0.05) is 44.1 Å². The fraction of sp³-hybridized carbons (Fsp3) is 0.476. The predicted octanol–water partition coefficient (Wildman–Crippen LogP) is 3.87.